The molecule has 3 aliphatic heterocycles. The van der Waals surface area contributed by atoms with Gasteiger partial charge < -0.3 is 10.6 Å². The van der Waals surface area contributed by atoms with E-state index >= 15 is 0 Å². The highest BCUT2D eigenvalue weighted by atomic mass is 19.1. The maximum Gasteiger partial charge on any atom is 0.237 e. The maximum atomic E-state index is 14.5. The Hall–Kier alpha value is -0.720. The zero-order valence-electron chi connectivity index (χ0n) is 12.2. The van der Waals surface area contributed by atoms with Crippen LogP contribution in [0, 0.1) is 0 Å². The molecular formula is C14H25FN4O. The van der Waals surface area contributed by atoms with Crippen molar-refractivity contribution >= 4 is 5.91 Å². The molecule has 3 aliphatic rings. The number of likely N-dealkylation sites (tertiary alicyclic amines) is 1. The van der Waals surface area contributed by atoms with Crippen molar-refractivity contribution in [1.82, 2.24) is 14.7 Å². The molecule has 0 radical (unpaired) electrons. The number of nitrogens with zero attached hydrogens (tertiary/aromatic N) is 3. The molecule has 3 rings (SSSR count). The minimum Gasteiger partial charge on any atom is -0.337 e. The van der Waals surface area contributed by atoms with Crippen LogP contribution in [0.1, 0.15) is 19.8 Å². The second kappa shape index (κ2) is 5.58. The molecule has 0 saturated carbocycles. The van der Waals surface area contributed by atoms with Gasteiger partial charge in [0.2, 0.25) is 5.91 Å². The molecule has 6 heteroatoms. The molecule has 0 aliphatic carbocycles. The van der Waals surface area contributed by atoms with Crippen LogP contribution < -0.4 is 5.73 Å². The number of amides is 1. The lowest BCUT2D eigenvalue weighted by molar-refractivity contribution is -0.140. The van der Waals surface area contributed by atoms with Gasteiger partial charge in [-0.2, -0.15) is 0 Å². The zero-order chi connectivity index (χ0) is 14.3. The van der Waals surface area contributed by atoms with Gasteiger partial charge in [-0.25, -0.2) is 4.39 Å². The molecule has 2 N–H and O–H groups in total. The smallest absolute Gasteiger partial charge is 0.237 e. The number of nitrogens with two attached hydrogens (primary N) is 1. The lowest BCUT2D eigenvalue weighted by Crippen LogP contribution is -2.67. The van der Waals surface area contributed by atoms with E-state index < -0.39 is 6.17 Å². The Labute approximate surface area is 119 Å². The second-order valence-electron chi connectivity index (χ2n) is 6.34. The highest BCUT2D eigenvalue weighted by molar-refractivity contribution is 5.79. The summed E-state index contributed by atoms with van der Waals surface area (Å²) in [4.78, 5) is 18.2. The van der Waals surface area contributed by atoms with E-state index in [1.807, 2.05) is 16.7 Å². The zero-order valence-corrected chi connectivity index (χ0v) is 12.2. The first-order chi connectivity index (χ1) is 9.60. The molecule has 0 aromatic rings. The molecule has 3 saturated heterocycles. The molecule has 0 bridgehead atoms. The fraction of sp³-hybridized carbons (Fsp3) is 0.929. The van der Waals surface area contributed by atoms with Crippen LogP contribution in [-0.4, -0.2) is 84.2 Å². The van der Waals surface area contributed by atoms with Gasteiger partial charge >= 0.3 is 0 Å². The van der Waals surface area contributed by atoms with E-state index in [1.54, 1.807) is 0 Å². The third-order valence-corrected chi connectivity index (χ3v) is 5.06. The van der Waals surface area contributed by atoms with Crippen molar-refractivity contribution in [2.75, 3.05) is 39.3 Å². The van der Waals surface area contributed by atoms with Crippen molar-refractivity contribution in [2.45, 2.75) is 44.1 Å². The van der Waals surface area contributed by atoms with Gasteiger partial charge in [0.05, 0.1) is 12.6 Å². The van der Waals surface area contributed by atoms with E-state index in [0.717, 1.165) is 39.0 Å². The number of piperidine rings is 1. The summed E-state index contributed by atoms with van der Waals surface area (Å²) in [6.45, 7) is 6.01. The summed E-state index contributed by atoms with van der Waals surface area (Å²) in [5.74, 6) is 0.149. The number of likely N-dealkylation sites (N-methyl/N-ethyl adjacent to an activating group) is 1. The van der Waals surface area contributed by atoms with Crippen LogP contribution in [0.4, 0.5) is 4.39 Å². The molecule has 5 nitrogen and oxygen atoms in total. The molecule has 4 atom stereocenters. The van der Waals surface area contributed by atoms with Crippen molar-refractivity contribution in [2.24, 2.45) is 5.73 Å². The third kappa shape index (κ3) is 2.44. The quantitative estimate of drug-likeness (QED) is 0.754. The van der Waals surface area contributed by atoms with Crippen molar-refractivity contribution in [3.63, 3.8) is 0 Å². The minimum absolute atomic E-state index is 0.149. The molecular weight excluding hydrogens is 259 g/mol. The number of fused-ring (bicyclic) bond motifs is 1. The molecule has 1 amide bonds. The Morgan fingerprint density at radius 1 is 1.35 bits per heavy atom. The first kappa shape index (κ1) is 14.2. The monoisotopic (exact) mass is 284 g/mol. The Morgan fingerprint density at radius 2 is 2.15 bits per heavy atom. The predicted octanol–water partition coefficient (Wildman–Crippen LogP) is -0.337. The summed E-state index contributed by atoms with van der Waals surface area (Å²) in [5, 5.41) is 0. The SMILES string of the molecule is CCN1CC(N)C(N2CC(=O)N3CCCC3C2)C(F)C1. The van der Waals surface area contributed by atoms with E-state index in [9.17, 15) is 9.18 Å². The number of alkyl halides is 1. The number of halogens is 1. The standard InChI is InChI=1S/C14H25FN4O/c1-2-17-7-11(15)14(12(16)8-17)18-6-10-4-3-5-19(10)13(20)9-18/h10-12,14H,2-9,16H2,1H3. The average Bonchev–Trinajstić information content (AvgIpc) is 2.86. The average molecular weight is 284 g/mol. The van der Waals surface area contributed by atoms with Crippen molar-refractivity contribution in [3.8, 4) is 0 Å². The van der Waals surface area contributed by atoms with Crippen LogP contribution in [-0.2, 0) is 4.79 Å². The highest BCUT2D eigenvalue weighted by Crippen LogP contribution is 2.27. The van der Waals surface area contributed by atoms with Gasteiger partial charge in [-0.1, -0.05) is 6.92 Å². The van der Waals surface area contributed by atoms with Crippen LogP contribution in [0.25, 0.3) is 0 Å². The minimum atomic E-state index is -0.959. The molecule has 114 valence electrons. The number of rotatable bonds is 2. The van der Waals surface area contributed by atoms with Crippen LogP contribution in [0.5, 0.6) is 0 Å². The van der Waals surface area contributed by atoms with Gasteiger partial charge in [0.25, 0.3) is 0 Å². The fourth-order valence-corrected chi connectivity index (χ4v) is 4.04. The molecule has 0 spiro atoms. The lowest BCUT2D eigenvalue weighted by Gasteiger charge is -2.47. The van der Waals surface area contributed by atoms with E-state index in [4.69, 9.17) is 5.73 Å². The van der Waals surface area contributed by atoms with Gasteiger partial charge in [0.15, 0.2) is 0 Å². The maximum absolute atomic E-state index is 14.5. The van der Waals surface area contributed by atoms with Crippen molar-refractivity contribution in [1.29, 1.82) is 0 Å². The fourth-order valence-electron chi connectivity index (χ4n) is 4.04. The number of carbonyl (C=O) groups is 1. The summed E-state index contributed by atoms with van der Waals surface area (Å²) in [5.41, 5.74) is 6.20. The molecule has 0 aromatic heterocycles. The highest BCUT2D eigenvalue weighted by Gasteiger charge is 2.44. The first-order valence-electron chi connectivity index (χ1n) is 7.75. The summed E-state index contributed by atoms with van der Waals surface area (Å²) < 4.78 is 14.5. The molecule has 20 heavy (non-hydrogen) atoms. The van der Waals surface area contributed by atoms with E-state index in [-0.39, 0.29) is 24.0 Å². The van der Waals surface area contributed by atoms with Gasteiger partial charge in [0.1, 0.15) is 6.17 Å². The van der Waals surface area contributed by atoms with E-state index in [1.165, 1.54) is 0 Å². The van der Waals surface area contributed by atoms with Crippen LogP contribution in [0.2, 0.25) is 0 Å². The van der Waals surface area contributed by atoms with E-state index in [2.05, 4.69) is 4.90 Å². The van der Waals surface area contributed by atoms with Crippen molar-refractivity contribution in [3.05, 3.63) is 0 Å². The summed E-state index contributed by atoms with van der Waals surface area (Å²) >= 11 is 0. The van der Waals surface area contributed by atoms with Gasteiger partial charge in [-0.05, 0) is 19.4 Å². The van der Waals surface area contributed by atoms with Crippen molar-refractivity contribution < 1.29 is 9.18 Å². The lowest BCUT2D eigenvalue weighted by atomic mass is 9.94. The van der Waals surface area contributed by atoms with Gasteiger partial charge in [-0.15, -0.1) is 0 Å². The second-order valence-corrected chi connectivity index (χ2v) is 6.34. The number of piperazine rings is 1. The van der Waals surface area contributed by atoms with Crippen LogP contribution in [0.3, 0.4) is 0 Å². The van der Waals surface area contributed by atoms with Crippen LogP contribution >= 0.6 is 0 Å². The Bertz CT molecular complexity index is 368. The van der Waals surface area contributed by atoms with E-state index in [0.29, 0.717) is 13.1 Å². The Kier molecular flexibility index (Phi) is 3.97. The molecule has 0 aromatic carbocycles. The van der Waals surface area contributed by atoms with Gasteiger partial charge in [-0.3, -0.25) is 14.6 Å². The summed E-state index contributed by atoms with van der Waals surface area (Å²) in [6.07, 6.45) is 1.16. The van der Waals surface area contributed by atoms with Gasteiger partial charge in [0, 0.05) is 38.3 Å². The predicted molar refractivity (Wildman–Crippen MR) is 75.1 cm³/mol. The summed E-state index contributed by atoms with van der Waals surface area (Å²) in [6, 6.07) is -0.233. The molecule has 3 fully saturated rings. The summed E-state index contributed by atoms with van der Waals surface area (Å²) in [7, 11) is 0. The Balaban J connectivity index is 1.70. The molecule has 3 heterocycles. The third-order valence-electron chi connectivity index (χ3n) is 5.06. The normalized spacial score (nSPS) is 40.1. The number of carbonyl (C=O) groups excluding carboxylic acids is 1. The topological polar surface area (TPSA) is 52.8 Å². The first-order valence-corrected chi connectivity index (χ1v) is 7.75. The number of hydrogen-bond acceptors (Lipinski definition) is 4. The Morgan fingerprint density at radius 3 is 2.85 bits per heavy atom. The van der Waals surface area contributed by atoms with Crippen LogP contribution in [0.15, 0.2) is 0 Å². The number of hydrogen-bond donors (Lipinski definition) is 1. The largest absolute Gasteiger partial charge is 0.337 e. The molecule has 4 unspecified atom stereocenters.